The molecule has 0 aromatic heterocycles. The Labute approximate surface area is 294 Å². The molecule has 0 saturated carbocycles. The molecule has 14 nitrogen and oxygen atoms in total. The number of amides is 1. The number of carbonyl (C=O) groups excluding carboxylic acids is 2. The van der Waals surface area contributed by atoms with Crippen molar-refractivity contribution in [1.82, 2.24) is 4.31 Å². The quantitative estimate of drug-likeness (QED) is 0.121. The molecule has 1 heterocycles. The zero-order valence-corrected chi connectivity index (χ0v) is 29.5. The molecule has 2 N–H and O–H groups in total. The number of aliphatic imine (C=N–C) groups is 1. The third-order valence-electron chi connectivity index (χ3n) is 7.89. The molecule has 1 aliphatic rings. The molecule has 1 amide bonds. The van der Waals surface area contributed by atoms with Gasteiger partial charge in [0.15, 0.2) is 6.04 Å². The summed E-state index contributed by atoms with van der Waals surface area (Å²) < 4.78 is 59.8. The summed E-state index contributed by atoms with van der Waals surface area (Å²) in [5, 5.41) is 33.3. The lowest BCUT2D eigenvalue weighted by Crippen LogP contribution is -2.51. The van der Waals surface area contributed by atoms with Crippen molar-refractivity contribution in [3.05, 3.63) is 89.5 Å². The zero-order chi connectivity index (χ0) is 36.9. The molecule has 4 rings (SSSR count). The van der Waals surface area contributed by atoms with Crippen molar-refractivity contribution in [2.24, 2.45) is 4.99 Å². The minimum atomic E-state index is -4.67. The van der Waals surface area contributed by atoms with Crippen molar-refractivity contribution in [2.45, 2.75) is 48.8 Å². The van der Waals surface area contributed by atoms with Gasteiger partial charge in [-0.25, -0.2) is 17.5 Å². The number of aryl methyl sites for hydroxylation is 1. The Kier molecular flexibility index (Phi) is 12.0. The smallest absolute Gasteiger partial charge is 0.329 e. The monoisotopic (exact) mass is 745 g/mol. The van der Waals surface area contributed by atoms with Crippen LogP contribution in [0.2, 0.25) is 0 Å². The fraction of sp³-hybridized carbons (Fsp3) is 0.333. The van der Waals surface area contributed by atoms with Crippen molar-refractivity contribution in [2.75, 3.05) is 29.5 Å². The number of carboxylic acid groups (broad SMARTS) is 2. The Morgan fingerprint density at radius 1 is 0.920 bits per heavy atom. The number of aliphatic carboxylic acids is 2. The van der Waals surface area contributed by atoms with E-state index in [1.807, 2.05) is 0 Å². The lowest BCUT2D eigenvalue weighted by atomic mass is 9.83. The van der Waals surface area contributed by atoms with Gasteiger partial charge in [0.2, 0.25) is 0 Å². The second-order valence-corrected chi connectivity index (χ2v) is 16.2. The van der Waals surface area contributed by atoms with E-state index in [9.17, 15) is 46.3 Å². The Hall–Kier alpha value is -4.45. The molecule has 0 unspecified atom stereocenters. The molecule has 1 aliphatic heterocycles. The maximum atomic E-state index is 15.4. The first-order valence-electron chi connectivity index (χ1n) is 15.3. The maximum Gasteiger partial charge on any atom is 0.329 e. The van der Waals surface area contributed by atoms with Gasteiger partial charge in [0.1, 0.15) is 4.75 Å². The van der Waals surface area contributed by atoms with Gasteiger partial charge in [0, 0.05) is 47.3 Å². The van der Waals surface area contributed by atoms with Gasteiger partial charge in [-0.15, -0.1) is 11.8 Å². The van der Waals surface area contributed by atoms with E-state index in [2.05, 4.69) is 4.99 Å². The van der Waals surface area contributed by atoms with Gasteiger partial charge < -0.3 is 25.0 Å². The van der Waals surface area contributed by atoms with E-state index in [1.54, 1.807) is 60.4 Å². The molecular weight excluding hydrogens is 711 g/mol. The third-order valence-corrected chi connectivity index (χ3v) is 12.0. The highest BCUT2D eigenvalue weighted by atomic mass is 32.2. The van der Waals surface area contributed by atoms with Crippen LogP contribution in [0.3, 0.4) is 0 Å². The number of thioether (sulfide) groups is 1. The highest BCUT2D eigenvalue weighted by molar-refractivity contribution is 8.01. The van der Waals surface area contributed by atoms with Gasteiger partial charge in [-0.3, -0.25) is 14.3 Å². The van der Waals surface area contributed by atoms with E-state index in [1.165, 1.54) is 24.3 Å². The average molecular weight is 746 g/mol. The maximum absolute atomic E-state index is 15.4. The number of fused-ring (bicyclic) bond motifs is 2. The molecule has 1 atom stereocenters. The number of carbonyl (C=O) groups is 3. The second kappa shape index (κ2) is 15.6. The van der Waals surface area contributed by atoms with E-state index in [0.29, 0.717) is 15.7 Å². The van der Waals surface area contributed by atoms with E-state index in [4.69, 9.17) is 0 Å². The molecule has 0 bridgehead atoms. The summed E-state index contributed by atoms with van der Waals surface area (Å²) >= 11 is 0.755. The molecule has 0 radical (unpaired) electrons. The highest BCUT2D eigenvalue weighted by Gasteiger charge is 2.53. The van der Waals surface area contributed by atoms with Gasteiger partial charge in [0.05, 0.1) is 10.6 Å². The van der Waals surface area contributed by atoms with Crippen molar-refractivity contribution in [3.63, 3.8) is 0 Å². The van der Waals surface area contributed by atoms with Crippen LogP contribution in [-0.4, -0.2) is 85.2 Å². The van der Waals surface area contributed by atoms with Gasteiger partial charge in [-0.2, -0.15) is 8.42 Å². The summed E-state index contributed by atoms with van der Waals surface area (Å²) in [6.07, 6.45) is -0.908. The van der Waals surface area contributed by atoms with E-state index < -0.39 is 79.1 Å². The highest BCUT2D eigenvalue weighted by Crippen LogP contribution is 2.56. The summed E-state index contributed by atoms with van der Waals surface area (Å²) in [6.45, 7) is 2.28. The predicted molar refractivity (Wildman–Crippen MR) is 183 cm³/mol. The summed E-state index contributed by atoms with van der Waals surface area (Å²) in [6, 6.07) is 16.9. The van der Waals surface area contributed by atoms with Crippen LogP contribution >= 0.6 is 11.8 Å². The molecular formula is C33H35N3O11S3-2. The second-order valence-electron chi connectivity index (χ2n) is 11.5. The average Bonchev–Trinajstić information content (AvgIpc) is 3.04. The first-order chi connectivity index (χ1) is 23.5. The van der Waals surface area contributed by atoms with E-state index in [-0.39, 0.29) is 35.4 Å². The number of benzene rings is 3. The number of anilines is 2. The predicted octanol–water partition coefficient (Wildman–Crippen LogP) is 1.68. The standard InChI is InChI=1S/C33H37N3O11S3/c1-22-14-16-24(17-15-22)50(46,47)36(19-7-13-30(38)39)32(42)33(48-21-27(31(40)41)34-23(2)37)25-9-3-5-11-28(25)35(18-8-20-49(43,44)45)29-12-6-4-10-26(29)33/h3-6,9-12,14-17,27H,7-8,13,18-21H2,1-2H3,(H,34,37)(H,38,39)(H,40,41)(H,43,44,45)/p-2/t27-/m0/s1. The van der Waals surface area contributed by atoms with Crippen LogP contribution in [-0.2, 0) is 39.3 Å². The normalized spacial score (nSPS) is 14.7. The topological polar surface area (TPSA) is 225 Å². The first-order valence-corrected chi connectivity index (χ1v) is 19.4. The van der Waals surface area contributed by atoms with Gasteiger partial charge in [-0.1, -0.05) is 54.1 Å². The largest absolute Gasteiger partial charge is 0.862 e. The fourth-order valence-electron chi connectivity index (χ4n) is 5.68. The Morgan fingerprint density at radius 2 is 1.48 bits per heavy atom. The van der Waals surface area contributed by atoms with Crippen molar-refractivity contribution in [3.8, 4) is 0 Å². The number of hydrogen-bond donors (Lipinski definition) is 2. The van der Waals surface area contributed by atoms with Crippen LogP contribution in [0.1, 0.15) is 42.9 Å². The summed E-state index contributed by atoms with van der Waals surface area (Å²) in [7, 11) is -8.99. The molecule has 17 heteroatoms. The van der Waals surface area contributed by atoms with Crippen LogP contribution in [0, 0.1) is 6.92 Å². The molecule has 268 valence electrons. The Balaban J connectivity index is 2.01. The van der Waals surface area contributed by atoms with Crippen LogP contribution in [0.15, 0.2) is 82.7 Å². The van der Waals surface area contributed by atoms with Crippen LogP contribution < -0.4 is 15.1 Å². The molecule has 3 aromatic rings. The minimum absolute atomic E-state index is 0.0364. The summed E-state index contributed by atoms with van der Waals surface area (Å²) in [5.74, 6) is -5.77. The summed E-state index contributed by atoms with van der Waals surface area (Å²) in [5.41, 5.74) is 1.90. The number of hydrogen-bond acceptors (Lipinski definition) is 12. The Bertz CT molecular complexity index is 1950. The molecule has 50 heavy (non-hydrogen) atoms. The number of sulfonamides is 1. The van der Waals surface area contributed by atoms with Crippen LogP contribution in [0.4, 0.5) is 11.4 Å². The molecule has 0 saturated heterocycles. The van der Waals surface area contributed by atoms with Gasteiger partial charge in [-0.05, 0) is 63.3 Å². The van der Waals surface area contributed by atoms with Crippen LogP contribution in [0.25, 0.3) is 0 Å². The van der Waals surface area contributed by atoms with E-state index >= 15 is 4.79 Å². The minimum Gasteiger partial charge on any atom is -0.862 e. The number of nitrogens with zero attached hydrogens (tertiary/aromatic N) is 3. The number of para-hydroxylation sites is 2. The first kappa shape index (κ1) is 38.4. The Morgan fingerprint density at radius 3 is 1.98 bits per heavy atom. The lowest BCUT2D eigenvalue weighted by Gasteiger charge is -2.45. The SMILES string of the molecule is CC([O-])=N[C@@H](CSC1(C(=O)N(CCCC(=O)[O-])S(=O)(=O)c2ccc(C)cc2)c2ccccc2N(CCCS(=O)(=O)O)c2ccccc21)C(=O)O. The van der Waals surface area contributed by atoms with Crippen LogP contribution in [0.5, 0.6) is 0 Å². The number of carboxylic acids is 2. The van der Waals surface area contributed by atoms with Gasteiger partial charge >= 0.3 is 5.97 Å². The molecule has 0 spiro atoms. The fourth-order valence-corrected chi connectivity index (χ4v) is 9.21. The van der Waals surface area contributed by atoms with Crippen molar-refractivity contribution in [1.29, 1.82) is 0 Å². The summed E-state index contributed by atoms with van der Waals surface area (Å²) in [4.78, 5) is 44.2. The van der Waals surface area contributed by atoms with Gasteiger partial charge in [0.25, 0.3) is 26.0 Å². The third kappa shape index (κ3) is 8.46. The van der Waals surface area contributed by atoms with E-state index in [0.717, 1.165) is 24.2 Å². The van der Waals surface area contributed by atoms with Crippen molar-refractivity contribution >= 4 is 67.0 Å². The zero-order valence-electron chi connectivity index (χ0n) is 27.1. The number of rotatable bonds is 16. The van der Waals surface area contributed by atoms with Crippen molar-refractivity contribution < 1.29 is 51.1 Å². The molecule has 0 fully saturated rings. The molecule has 0 aliphatic carbocycles. The lowest BCUT2D eigenvalue weighted by molar-refractivity contribution is -0.305. The molecule has 3 aromatic carbocycles.